The molecule has 0 aromatic carbocycles. The van der Waals surface area contributed by atoms with Crippen molar-refractivity contribution >= 4 is 17.0 Å². The van der Waals surface area contributed by atoms with Gasteiger partial charge in [0.25, 0.3) is 0 Å². The lowest BCUT2D eigenvalue weighted by Crippen LogP contribution is -2.67. The molecule has 1 spiro atoms. The van der Waals surface area contributed by atoms with Crippen LogP contribution in [0.2, 0.25) is 0 Å². The van der Waals surface area contributed by atoms with Crippen molar-refractivity contribution in [1.29, 1.82) is 0 Å². The second kappa shape index (κ2) is 5.62. The third-order valence-corrected chi connectivity index (χ3v) is 6.23. The molecule has 2 atom stereocenters. The molecule has 0 saturated carbocycles. The highest BCUT2D eigenvalue weighted by Crippen LogP contribution is 2.38. The molecule has 5 rings (SSSR count). The Morgan fingerprint density at radius 2 is 2.16 bits per heavy atom. The van der Waals surface area contributed by atoms with Crippen molar-refractivity contribution in [3.8, 4) is 0 Å². The van der Waals surface area contributed by atoms with Crippen molar-refractivity contribution < 1.29 is 4.74 Å². The quantitative estimate of drug-likeness (QED) is 0.885. The molecule has 0 bridgehead atoms. The van der Waals surface area contributed by atoms with Gasteiger partial charge in [0.05, 0.1) is 12.4 Å². The Balaban J connectivity index is 1.23. The van der Waals surface area contributed by atoms with Crippen LogP contribution in [0.3, 0.4) is 0 Å². The third-order valence-electron chi connectivity index (χ3n) is 6.23. The number of nitrogen functional groups attached to an aromatic ring is 1. The Labute approximate surface area is 147 Å². The van der Waals surface area contributed by atoms with Crippen LogP contribution >= 0.6 is 0 Å². The number of nitrogens with zero attached hydrogens (tertiary/aromatic N) is 6. The lowest BCUT2D eigenvalue weighted by Gasteiger charge is -2.52. The molecule has 2 N–H and O–H groups in total. The van der Waals surface area contributed by atoms with Crippen molar-refractivity contribution in [1.82, 2.24) is 29.3 Å². The number of fused-ring (bicyclic) bond motifs is 1. The number of hydrogen-bond acceptors (Lipinski definition) is 7. The summed E-state index contributed by atoms with van der Waals surface area (Å²) in [6.45, 7) is 4.64. The maximum Gasteiger partial charge on any atom is 0.167 e. The maximum absolute atomic E-state index is 6.30. The van der Waals surface area contributed by atoms with Gasteiger partial charge in [0.15, 0.2) is 11.5 Å². The van der Waals surface area contributed by atoms with Gasteiger partial charge >= 0.3 is 0 Å². The molecule has 3 fully saturated rings. The van der Waals surface area contributed by atoms with E-state index in [1.54, 1.807) is 6.33 Å². The molecule has 8 nitrogen and oxygen atoms in total. The molecule has 2 aromatic heterocycles. The first-order valence-electron chi connectivity index (χ1n) is 9.17. The summed E-state index contributed by atoms with van der Waals surface area (Å²) in [5.74, 6) is 0.421. The summed E-state index contributed by atoms with van der Waals surface area (Å²) in [4.78, 5) is 17.8. The fourth-order valence-corrected chi connectivity index (χ4v) is 4.78. The van der Waals surface area contributed by atoms with Crippen molar-refractivity contribution in [2.24, 2.45) is 0 Å². The summed E-state index contributed by atoms with van der Waals surface area (Å²) in [6.07, 6.45) is 8.28. The van der Waals surface area contributed by atoms with Crippen LogP contribution in [0.4, 0.5) is 5.82 Å². The monoisotopic (exact) mass is 343 g/mol. The van der Waals surface area contributed by atoms with E-state index in [-0.39, 0.29) is 12.3 Å². The molecule has 0 radical (unpaired) electrons. The molecule has 3 aliphatic heterocycles. The van der Waals surface area contributed by atoms with Crippen molar-refractivity contribution in [2.75, 3.05) is 39.0 Å². The number of imidazole rings is 1. The first-order valence-corrected chi connectivity index (χ1v) is 9.17. The summed E-state index contributed by atoms with van der Waals surface area (Å²) in [5, 5.41) is 0. The van der Waals surface area contributed by atoms with Crippen LogP contribution in [0.25, 0.3) is 11.2 Å². The van der Waals surface area contributed by atoms with Gasteiger partial charge < -0.3 is 10.5 Å². The average Bonchev–Trinajstić information content (AvgIpc) is 3.26. The van der Waals surface area contributed by atoms with E-state index in [2.05, 4.69) is 31.8 Å². The summed E-state index contributed by atoms with van der Waals surface area (Å²) in [7, 11) is 2.27. The summed E-state index contributed by atoms with van der Waals surface area (Å²) >= 11 is 0. The van der Waals surface area contributed by atoms with Crippen LogP contribution in [-0.2, 0) is 4.74 Å². The van der Waals surface area contributed by atoms with E-state index in [0.717, 1.165) is 25.0 Å². The number of likely N-dealkylation sites (tertiary alicyclic amines) is 2. The Hall–Kier alpha value is -1.77. The Bertz CT molecular complexity index is 784. The van der Waals surface area contributed by atoms with Gasteiger partial charge in [0.2, 0.25) is 0 Å². The van der Waals surface area contributed by atoms with E-state index in [9.17, 15) is 0 Å². The van der Waals surface area contributed by atoms with Crippen molar-refractivity contribution in [3.05, 3.63) is 12.7 Å². The smallest absolute Gasteiger partial charge is 0.167 e. The SMILES string of the molecule is CN1CCCC12CN(CC1CCC(n3cnc4c(N)ncnc43)O1)C2. The van der Waals surface area contributed by atoms with Crippen molar-refractivity contribution in [2.45, 2.75) is 43.6 Å². The molecule has 0 aliphatic carbocycles. The zero-order valence-corrected chi connectivity index (χ0v) is 14.6. The average molecular weight is 343 g/mol. The predicted octanol–water partition coefficient (Wildman–Crippen LogP) is 0.866. The molecule has 2 aromatic rings. The first-order chi connectivity index (χ1) is 12.1. The number of anilines is 1. The number of nitrogens with two attached hydrogens (primary N) is 1. The molecule has 3 saturated heterocycles. The number of rotatable bonds is 3. The first kappa shape index (κ1) is 15.5. The Kier molecular flexibility index (Phi) is 3.48. The predicted molar refractivity (Wildman–Crippen MR) is 93.9 cm³/mol. The Morgan fingerprint density at radius 1 is 1.28 bits per heavy atom. The molecule has 8 heteroatoms. The molecular formula is C17H25N7O. The second-order valence-electron chi connectivity index (χ2n) is 7.79. The summed E-state index contributed by atoms with van der Waals surface area (Å²) in [6, 6.07) is 0. The van der Waals surface area contributed by atoms with Crippen LogP contribution in [0.15, 0.2) is 12.7 Å². The van der Waals surface area contributed by atoms with Crippen molar-refractivity contribution in [3.63, 3.8) is 0 Å². The number of aromatic nitrogens is 4. The highest BCUT2D eigenvalue weighted by Gasteiger charge is 2.49. The largest absolute Gasteiger partial charge is 0.382 e. The standard InChI is InChI=1S/C17H25N7O/c1-22-6-2-5-17(22)8-23(9-17)7-12-3-4-13(25-12)24-11-21-14-15(18)19-10-20-16(14)24/h10-13H,2-9H2,1H3,(H2,18,19,20). The lowest BCUT2D eigenvalue weighted by atomic mass is 9.87. The van der Waals surface area contributed by atoms with E-state index in [0.29, 0.717) is 16.9 Å². The van der Waals surface area contributed by atoms with Gasteiger partial charge in [-0.25, -0.2) is 15.0 Å². The van der Waals surface area contributed by atoms with Gasteiger partial charge in [-0.3, -0.25) is 14.4 Å². The van der Waals surface area contributed by atoms with E-state index in [1.165, 1.54) is 38.8 Å². The normalized spacial score (nSPS) is 29.6. The molecule has 2 unspecified atom stereocenters. The van der Waals surface area contributed by atoms with Crippen LogP contribution < -0.4 is 5.73 Å². The van der Waals surface area contributed by atoms with Gasteiger partial charge in [0, 0.05) is 25.2 Å². The number of likely N-dealkylation sites (N-methyl/N-ethyl adjacent to an activating group) is 1. The van der Waals surface area contributed by atoms with Gasteiger partial charge in [-0.2, -0.15) is 0 Å². The van der Waals surface area contributed by atoms with Gasteiger partial charge in [-0.05, 0) is 39.3 Å². The number of hydrogen-bond donors (Lipinski definition) is 1. The topological polar surface area (TPSA) is 85.3 Å². The Morgan fingerprint density at radius 3 is 2.96 bits per heavy atom. The van der Waals surface area contributed by atoms with Crippen LogP contribution in [0.5, 0.6) is 0 Å². The third kappa shape index (κ3) is 2.43. The van der Waals surface area contributed by atoms with Gasteiger partial charge in [-0.15, -0.1) is 0 Å². The summed E-state index contributed by atoms with van der Waals surface area (Å²) < 4.78 is 8.30. The summed E-state index contributed by atoms with van der Waals surface area (Å²) in [5.41, 5.74) is 7.74. The zero-order chi connectivity index (χ0) is 17.0. The minimum absolute atomic E-state index is 0.00584. The lowest BCUT2D eigenvalue weighted by molar-refractivity contribution is -0.0633. The highest BCUT2D eigenvalue weighted by atomic mass is 16.5. The molecule has 3 aliphatic rings. The minimum Gasteiger partial charge on any atom is -0.382 e. The van der Waals surface area contributed by atoms with E-state index < -0.39 is 0 Å². The number of ether oxygens (including phenoxy) is 1. The van der Waals surface area contributed by atoms with Crippen LogP contribution in [0, 0.1) is 0 Å². The molecule has 0 amide bonds. The fraction of sp³-hybridized carbons (Fsp3) is 0.706. The van der Waals surface area contributed by atoms with Gasteiger partial charge in [-0.1, -0.05) is 0 Å². The van der Waals surface area contributed by atoms with E-state index in [1.807, 2.05) is 4.57 Å². The molecule has 25 heavy (non-hydrogen) atoms. The zero-order valence-electron chi connectivity index (χ0n) is 14.6. The van der Waals surface area contributed by atoms with Gasteiger partial charge in [0.1, 0.15) is 18.1 Å². The highest BCUT2D eigenvalue weighted by molar-refractivity contribution is 5.81. The van der Waals surface area contributed by atoms with E-state index >= 15 is 0 Å². The van der Waals surface area contributed by atoms with Crippen LogP contribution in [-0.4, -0.2) is 74.2 Å². The van der Waals surface area contributed by atoms with Crippen LogP contribution in [0.1, 0.15) is 31.9 Å². The minimum atomic E-state index is -0.00584. The molecular weight excluding hydrogens is 318 g/mol. The molecule has 5 heterocycles. The maximum atomic E-state index is 6.30. The fourth-order valence-electron chi connectivity index (χ4n) is 4.78. The molecule has 134 valence electrons. The van der Waals surface area contributed by atoms with E-state index in [4.69, 9.17) is 10.5 Å². The second-order valence-corrected chi connectivity index (χ2v) is 7.79.